The molecule has 2 aromatic rings. The number of amides is 3. The number of hydrogen-bond donors (Lipinski definition) is 5. The van der Waals surface area contributed by atoms with Crippen LogP contribution in [0.25, 0.3) is 0 Å². The Balaban J connectivity index is 1.85. The Bertz CT molecular complexity index is 1130. The Labute approximate surface area is 220 Å². The predicted octanol–water partition coefficient (Wildman–Crippen LogP) is 0.825. The molecule has 11 heteroatoms. The van der Waals surface area contributed by atoms with E-state index >= 15 is 0 Å². The first-order valence-electron chi connectivity index (χ1n) is 12.2. The van der Waals surface area contributed by atoms with Gasteiger partial charge < -0.3 is 35.6 Å². The molecule has 5 atom stereocenters. The minimum Gasteiger partial charge on any atom is -0.497 e. The molecular formula is C27H33N3O8. The second-order valence-electron chi connectivity index (χ2n) is 9.42. The maximum absolute atomic E-state index is 13.5. The lowest BCUT2D eigenvalue weighted by Crippen LogP contribution is -2.59. The first-order chi connectivity index (χ1) is 18.0. The van der Waals surface area contributed by atoms with Crippen LogP contribution < -0.4 is 20.7 Å². The number of rotatable bonds is 13. The second kappa shape index (κ2) is 12.5. The fourth-order valence-electron chi connectivity index (χ4n) is 3.96. The summed E-state index contributed by atoms with van der Waals surface area (Å²) in [5.74, 6) is -1.23. The van der Waals surface area contributed by atoms with Crippen LogP contribution in [0.5, 0.6) is 5.75 Å². The zero-order valence-electron chi connectivity index (χ0n) is 21.5. The molecule has 3 rings (SSSR count). The summed E-state index contributed by atoms with van der Waals surface area (Å²) in [5, 5.41) is 26.3. The van der Waals surface area contributed by atoms with E-state index in [-0.39, 0.29) is 25.2 Å². The first kappa shape index (κ1) is 28.6. The van der Waals surface area contributed by atoms with Gasteiger partial charge in [0.15, 0.2) is 5.78 Å². The lowest BCUT2D eigenvalue weighted by Gasteiger charge is -2.26. The minimum atomic E-state index is -1.51. The number of ketones is 1. The number of Topliss-reactive ketones (excluding diaryl/α,β-unsaturated/α-hetero) is 1. The second-order valence-corrected chi connectivity index (χ2v) is 9.42. The molecule has 0 radical (unpaired) electrons. The number of aliphatic hydroxyl groups excluding tert-OH is 1. The van der Waals surface area contributed by atoms with E-state index in [0.717, 1.165) is 5.56 Å². The van der Waals surface area contributed by atoms with Crippen molar-refractivity contribution in [3.05, 3.63) is 65.7 Å². The summed E-state index contributed by atoms with van der Waals surface area (Å²) >= 11 is 0. The van der Waals surface area contributed by atoms with Gasteiger partial charge in [-0.25, -0.2) is 4.79 Å². The van der Waals surface area contributed by atoms with Crippen LogP contribution in [0.1, 0.15) is 25.0 Å². The van der Waals surface area contributed by atoms with Gasteiger partial charge in [-0.2, -0.15) is 0 Å². The van der Waals surface area contributed by atoms with Gasteiger partial charge in [0, 0.05) is 6.42 Å². The van der Waals surface area contributed by atoms with Gasteiger partial charge in [-0.15, -0.1) is 0 Å². The summed E-state index contributed by atoms with van der Waals surface area (Å²) in [6.45, 7) is 3.15. The van der Waals surface area contributed by atoms with E-state index in [4.69, 9.17) is 14.6 Å². The SMILES string of the molecule is COc1ccc(C[C@H](NC(=O)[C@@H](NC(=O)O)[C@H](C)O)C(=O)N[C@@H](Cc2ccccc2)C(=O)[C@]2(C)CO2)cc1. The van der Waals surface area contributed by atoms with Crippen LogP contribution in [0.4, 0.5) is 4.79 Å². The lowest BCUT2D eigenvalue weighted by atomic mass is 9.94. The summed E-state index contributed by atoms with van der Waals surface area (Å²) in [6.07, 6.45) is -2.63. The molecule has 11 nitrogen and oxygen atoms in total. The van der Waals surface area contributed by atoms with Crippen LogP contribution in [0, 0.1) is 0 Å². The third-order valence-electron chi connectivity index (χ3n) is 6.29. The summed E-state index contributed by atoms with van der Waals surface area (Å²) in [4.78, 5) is 50.8. The molecule has 1 aliphatic heterocycles. The maximum Gasteiger partial charge on any atom is 0.405 e. The highest BCUT2D eigenvalue weighted by atomic mass is 16.6. The fourth-order valence-corrected chi connectivity index (χ4v) is 3.96. The first-order valence-corrected chi connectivity index (χ1v) is 12.2. The zero-order chi connectivity index (χ0) is 27.9. The summed E-state index contributed by atoms with van der Waals surface area (Å²) in [5.41, 5.74) is 0.505. The Morgan fingerprint density at radius 1 is 0.921 bits per heavy atom. The molecule has 0 unspecified atom stereocenters. The van der Waals surface area contributed by atoms with E-state index in [9.17, 15) is 24.3 Å². The Morgan fingerprint density at radius 3 is 2.00 bits per heavy atom. The number of ether oxygens (including phenoxy) is 2. The van der Waals surface area contributed by atoms with E-state index < -0.39 is 47.7 Å². The van der Waals surface area contributed by atoms with Crippen molar-refractivity contribution in [1.29, 1.82) is 0 Å². The van der Waals surface area contributed by atoms with Gasteiger partial charge in [0.25, 0.3) is 0 Å². The molecule has 1 fully saturated rings. The van der Waals surface area contributed by atoms with Gasteiger partial charge in [0.2, 0.25) is 11.8 Å². The van der Waals surface area contributed by atoms with Gasteiger partial charge in [-0.3, -0.25) is 14.4 Å². The van der Waals surface area contributed by atoms with Crippen molar-refractivity contribution in [2.24, 2.45) is 0 Å². The molecule has 2 aromatic carbocycles. The molecular weight excluding hydrogens is 494 g/mol. The van der Waals surface area contributed by atoms with E-state index in [1.807, 2.05) is 35.6 Å². The van der Waals surface area contributed by atoms with Crippen molar-refractivity contribution in [1.82, 2.24) is 16.0 Å². The molecule has 0 aliphatic carbocycles. The highest BCUT2D eigenvalue weighted by Crippen LogP contribution is 2.29. The van der Waals surface area contributed by atoms with Crippen LogP contribution in [-0.2, 0) is 32.0 Å². The van der Waals surface area contributed by atoms with Crippen molar-refractivity contribution in [3.8, 4) is 5.75 Å². The van der Waals surface area contributed by atoms with Gasteiger partial charge in [0.1, 0.15) is 23.4 Å². The van der Waals surface area contributed by atoms with Gasteiger partial charge >= 0.3 is 6.09 Å². The highest BCUT2D eigenvalue weighted by molar-refractivity contribution is 5.98. The minimum absolute atomic E-state index is 0.0290. The highest BCUT2D eigenvalue weighted by Gasteiger charge is 2.50. The Morgan fingerprint density at radius 2 is 1.47 bits per heavy atom. The number of methoxy groups -OCH3 is 1. The average Bonchev–Trinajstić information content (AvgIpc) is 3.65. The number of carbonyl (C=O) groups excluding carboxylic acids is 3. The lowest BCUT2D eigenvalue weighted by molar-refractivity contribution is -0.133. The Kier molecular flexibility index (Phi) is 9.43. The maximum atomic E-state index is 13.5. The van der Waals surface area contributed by atoms with Crippen LogP contribution >= 0.6 is 0 Å². The van der Waals surface area contributed by atoms with Crippen molar-refractivity contribution in [2.75, 3.05) is 13.7 Å². The summed E-state index contributed by atoms with van der Waals surface area (Å²) < 4.78 is 10.5. The molecule has 5 N–H and O–H groups in total. The molecule has 0 saturated carbocycles. The van der Waals surface area contributed by atoms with Crippen molar-refractivity contribution >= 4 is 23.7 Å². The Hall–Kier alpha value is -3.96. The smallest absolute Gasteiger partial charge is 0.405 e. The summed E-state index contributed by atoms with van der Waals surface area (Å²) in [7, 11) is 1.52. The molecule has 0 bridgehead atoms. The van der Waals surface area contributed by atoms with Crippen molar-refractivity contribution < 1.29 is 38.9 Å². The van der Waals surface area contributed by atoms with Crippen molar-refractivity contribution in [2.45, 2.75) is 56.5 Å². The quantitative estimate of drug-likeness (QED) is 0.239. The fraction of sp³-hybridized carbons (Fsp3) is 0.407. The molecule has 1 aliphatic rings. The summed E-state index contributed by atoms with van der Waals surface area (Å²) in [6, 6.07) is 12.4. The predicted molar refractivity (Wildman–Crippen MR) is 137 cm³/mol. The largest absolute Gasteiger partial charge is 0.497 e. The number of carbonyl (C=O) groups is 4. The molecule has 204 valence electrons. The molecule has 0 spiro atoms. The number of aliphatic hydroxyl groups is 1. The number of nitrogens with one attached hydrogen (secondary N) is 3. The number of epoxide rings is 1. The number of carboxylic acid groups (broad SMARTS) is 1. The third-order valence-corrected chi connectivity index (χ3v) is 6.29. The third kappa shape index (κ3) is 7.77. The van der Waals surface area contributed by atoms with Gasteiger partial charge in [-0.05, 0) is 43.5 Å². The molecule has 1 heterocycles. The van der Waals surface area contributed by atoms with Crippen LogP contribution in [0.2, 0.25) is 0 Å². The van der Waals surface area contributed by atoms with E-state index in [2.05, 4.69) is 10.6 Å². The average molecular weight is 528 g/mol. The number of hydrogen-bond acceptors (Lipinski definition) is 7. The molecule has 0 aromatic heterocycles. The standard InChI is InChI=1S/C27H33N3O8/c1-16(31)22(30-26(35)36)25(34)29-21(14-18-9-11-19(37-3)12-10-18)24(33)28-20(23(32)27(2)15-38-27)13-17-7-5-4-6-8-17/h4-12,16,20-22,30-31H,13-15H2,1-3H3,(H,28,33)(H,29,34)(H,35,36)/t16-,20-,21-,22-,27-/m0/s1. The molecule has 1 saturated heterocycles. The zero-order valence-corrected chi connectivity index (χ0v) is 21.5. The topological polar surface area (TPSA) is 167 Å². The van der Waals surface area contributed by atoms with Crippen LogP contribution in [-0.4, -0.2) is 77.5 Å². The van der Waals surface area contributed by atoms with E-state index in [1.54, 1.807) is 31.2 Å². The van der Waals surface area contributed by atoms with Crippen LogP contribution in [0.3, 0.4) is 0 Å². The molecule has 38 heavy (non-hydrogen) atoms. The van der Waals surface area contributed by atoms with Gasteiger partial charge in [-0.1, -0.05) is 42.5 Å². The van der Waals surface area contributed by atoms with E-state index in [1.165, 1.54) is 14.0 Å². The monoisotopic (exact) mass is 527 g/mol. The molecule has 3 amide bonds. The van der Waals surface area contributed by atoms with Gasteiger partial charge in [0.05, 0.1) is 25.9 Å². The van der Waals surface area contributed by atoms with Crippen molar-refractivity contribution in [3.63, 3.8) is 0 Å². The van der Waals surface area contributed by atoms with Crippen LogP contribution in [0.15, 0.2) is 54.6 Å². The van der Waals surface area contributed by atoms with E-state index in [0.29, 0.717) is 11.3 Å². The normalized spacial score (nSPS) is 19.3. The number of benzene rings is 2.